The average molecular weight is 426 g/mol. The molecule has 2 heterocycles. The number of β-amino-alcohol motifs (C(OH)–C–C–N with tert-alkyl or cyclic N) is 1. The van der Waals surface area contributed by atoms with Gasteiger partial charge in [0.1, 0.15) is 37.2 Å². The number of aryl methyl sites for hydroxylation is 2. The highest BCUT2D eigenvalue weighted by Gasteiger charge is 2.49. The van der Waals surface area contributed by atoms with Gasteiger partial charge in [0.25, 0.3) is 5.91 Å². The van der Waals surface area contributed by atoms with Crippen LogP contribution in [0.3, 0.4) is 0 Å². The fourth-order valence-corrected chi connectivity index (χ4v) is 3.88. The van der Waals surface area contributed by atoms with E-state index < -0.39 is 23.6 Å². The van der Waals surface area contributed by atoms with Crippen molar-refractivity contribution >= 4 is 11.9 Å². The van der Waals surface area contributed by atoms with Crippen LogP contribution in [-0.2, 0) is 10.3 Å². The zero-order valence-electron chi connectivity index (χ0n) is 17.8. The first-order valence-electron chi connectivity index (χ1n) is 10.2. The van der Waals surface area contributed by atoms with Crippen LogP contribution in [0.15, 0.2) is 36.4 Å². The first-order chi connectivity index (χ1) is 14.8. The Kier molecular flexibility index (Phi) is 5.49. The minimum absolute atomic E-state index is 0.0382. The smallest absolute Gasteiger partial charge is 0.325 e. The number of nitrogens with zero attached hydrogens (tertiary/aromatic N) is 1. The van der Waals surface area contributed by atoms with Gasteiger partial charge in [0.2, 0.25) is 0 Å². The largest absolute Gasteiger partial charge is 0.490 e. The number of para-hydroxylation sites is 1. The van der Waals surface area contributed by atoms with E-state index in [1.165, 1.54) is 0 Å². The Morgan fingerprint density at radius 3 is 2.52 bits per heavy atom. The van der Waals surface area contributed by atoms with Gasteiger partial charge in [-0.2, -0.15) is 0 Å². The Labute approximate surface area is 180 Å². The summed E-state index contributed by atoms with van der Waals surface area (Å²) in [6, 6.07) is 10.4. The highest BCUT2D eigenvalue weighted by Crippen LogP contribution is 2.37. The lowest BCUT2D eigenvalue weighted by molar-refractivity contribution is -0.132. The third kappa shape index (κ3) is 3.90. The zero-order chi connectivity index (χ0) is 22.2. The number of aliphatic hydroxyl groups excluding tert-OH is 1. The number of benzene rings is 2. The summed E-state index contributed by atoms with van der Waals surface area (Å²) in [7, 11) is 0. The number of amides is 3. The molecule has 2 N–H and O–H groups in total. The summed E-state index contributed by atoms with van der Waals surface area (Å²) in [5.74, 6) is 1.39. The molecule has 164 valence electrons. The minimum Gasteiger partial charge on any atom is -0.490 e. The quantitative estimate of drug-likeness (QED) is 0.688. The summed E-state index contributed by atoms with van der Waals surface area (Å²) in [5, 5.41) is 13.2. The van der Waals surface area contributed by atoms with Crippen molar-refractivity contribution in [2.24, 2.45) is 0 Å². The van der Waals surface area contributed by atoms with Crippen LogP contribution in [0, 0.1) is 13.8 Å². The van der Waals surface area contributed by atoms with Gasteiger partial charge in [-0.1, -0.05) is 24.3 Å². The first kappa shape index (κ1) is 21.0. The molecule has 31 heavy (non-hydrogen) atoms. The Hall–Kier alpha value is -3.26. The molecule has 2 aliphatic heterocycles. The second-order valence-corrected chi connectivity index (χ2v) is 8.02. The lowest BCUT2D eigenvalue weighted by Crippen LogP contribution is -2.42. The molecule has 1 saturated heterocycles. The summed E-state index contributed by atoms with van der Waals surface area (Å²) < 4.78 is 16.9. The van der Waals surface area contributed by atoms with Crippen molar-refractivity contribution < 1.29 is 28.9 Å². The second kappa shape index (κ2) is 8.11. The number of ether oxygens (including phenoxy) is 3. The number of urea groups is 1. The molecule has 2 aromatic carbocycles. The molecule has 0 radical (unpaired) electrons. The number of imide groups is 1. The third-order valence-electron chi connectivity index (χ3n) is 5.62. The lowest BCUT2D eigenvalue weighted by atomic mass is 9.91. The molecule has 0 bridgehead atoms. The predicted octanol–water partition coefficient (Wildman–Crippen LogP) is 2.28. The van der Waals surface area contributed by atoms with Gasteiger partial charge in [-0.3, -0.25) is 9.69 Å². The predicted molar refractivity (Wildman–Crippen MR) is 112 cm³/mol. The maximum Gasteiger partial charge on any atom is 0.325 e. The molecule has 0 aliphatic carbocycles. The van der Waals surface area contributed by atoms with Gasteiger partial charge in [0, 0.05) is 0 Å². The van der Waals surface area contributed by atoms with Crippen molar-refractivity contribution in [1.82, 2.24) is 10.2 Å². The van der Waals surface area contributed by atoms with Gasteiger partial charge in [0.05, 0.1) is 6.54 Å². The van der Waals surface area contributed by atoms with Crippen LogP contribution in [0.2, 0.25) is 0 Å². The van der Waals surface area contributed by atoms with E-state index in [0.717, 1.165) is 16.0 Å². The monoisotopic (exact) mass is 426 g/mol. The van der Waals surface area contributed by atoms with Gasteiger partial charge in [-0.25, -0.2) is 4.79 Å². The Bertz CT molecular complexity index is 1000. The normalized spacial score (nSPS) is 21.1. The van der Waals surface area contributed by atoms with Crippen molar-refractivity contribution in [3.05, 3.63) is 53.1 Å². The maximum atomic E-state index is 13.1. The maximum absolute atomic E-state index is 13.1. The molecule has 0 aromatic heterocycles. The van der Waals surface area contributed by atoms with Crippen LogP contribution in [0.4, 0.5) is 4.79 Å². The summed E-state index contributed by atoms with van der Waals surface area (Å²) in [6.07, 6.45) is -1.03. The number of aliphatic hydroxyl groups is 1. The van der Waals surface area contributed by atoms with E-state index in [-0.39, 0.29) is 13.2 Å². The molecule has 0 saturated carbocycles. The average Bonchev–Trinajstić information content (AvgIpc) is 2.97. The van der Waals surface area contributed by atoms with Crippen LogP contribution in [0.5, 0.6) is 17.2 Å². The number of rotatable bonds is 6. The minimum atomic E-state index is -1.26. The van der Waals surface area contributed by atoms with E-state index in [9.17, 15) is 14.7 Å². The molecule has 8 nitrogen and oxygen atoms in total. The van der Waals surface area contributed by atoms with E-state index in [4.69, 9.17) is 14.2 Å². The topological polar surface area (TPSA) is 97.3 Å². The Balaban J connectivity index is 1.45. The van der Waals surface area contributed by atoms with Gasteiger partial charge >= 0.3 is 6.03 Å². The van der Waals surface area contributed by atoms with E-state index in [1.54, 1.807) is 25.1 Å². The molecular weight excluding hydrogens is 400 g/mol. The molecule has 2 atom stereocenters. The highest BCUT2D eigenvalue weighted by atomic mass is 16.6. The Morgan fingerprint density at radius 1 is 1.13 bits per heavy atom. The SMILES string of the molecule is Cc1cccc(C)c1OCC(O)CN1C(=O)NC(C)(c2ccc3c(c2)OCCO3)C1=O. The zero-order valence-corrected chi connectivity index (χ0v) is 17.8. The standard InChI is InChI=1S/C23H26N2O6/c1-14-5-4-6-15(2)20(14)31-13-17(26)12-25-21(27)23(3,24-22(25)28)16-7-8-18-19(11-16)30-10-9-29-18/h4-8,11,17,26H,9-10,12-13H2,1-3H3,(H,24,28). The van der Waals surface area contributed by atoms with Crippen LogP contribution in [-0.4, -0.2) is 54.4 Å². The van der Waals surface area contributed by atoms with E-state index in [0.29, 0.717) is 36.0 Å². The first-order valence-corrected chi connectivity index (χ1v) is 10.2. The van der Waals surface area contributed by atoms with Gasteiger partial charge in [-0.05, 0) is 49.6 Å². The van der Waals surface area contributed by atoms with E-state index in [2.05, 4.69) is 5.32 Å². The summed E-state index contributed by atoms with van der Waals surface area (Å²) in [6.45, 7) is 6.16. The van der Waals surface area contributed by atoms with Crippen LogP contribution < -0.4 is 19.5 Å². The third-order valence-corrected chi connectivity index (χ3v) is 5.62. The molecule has 1 fully saturated rings. The number of nitrogens with one attached hydrogen (secondary N) is 1. The molecule has 4 rings (SSSR count). The van der Waals surface area contributed by atoms with Crippen molar-refractivity contribution in [2.45, 2.75) is 32.4 Å². The number of carbonyl (C=O) groups excluding carboxylic acids is 2. The van der Waals surface area contributed by atoms with Gasteiger partial charge in [0.15, 0.2) is 11.5 Å². The molecule has 0 spiro atoms. The molecule has 2 aliphatic rings. The molecule has 2 aromatic rings. The molecule has 8 heteroatoms. The molecule has 3 amide bonds. The van der Waals surface area contributed by atoms with Crippen molar-refractivity contribution in [3.8, 4) is 17.2 Å². The number of fused-ring (bicyclic) bond motifs is 1. The number of hydrogen-bond donors (Lipinski definition) is 2. The highest BCUT2D eigenvalue weighted by molar-refractivity contribution is 6.07. The fourth-order valence-electron chi connectivity index (χ4n) is 3.88. The number of hydrogen-bond acceptors (Lipinski definition) is 6. The summed E-state index contributed by atoms with van der Waals surface area (Å²) in [4.78, 5) is 26.7. The van der Waals surface area contributed by atoms with Crippen LogP contribution in [0.1, 0.15) is 23.6 Å². The molecular formula is C23H26N2O6. The summed E-state index contributed by atoms with van der Waals surface area (Å²) in [5.41, 5.74) is 1.22. The van der Waals surface area contributed by atoms with Crippen LogP contribution >= 0.6 is 0 Å². The van der Waals surface area contributed by atoms with Gasteiger partial charge < -0.3 is 24.6 Å². The second-order valence-electron chi connectivity index (χ2n) is 8.02. The fraction of sp³-hybridized carbons (Fsp3) is 0.391. The van der Waals surface area contributed by atoms with Gasteiger partial charge in [-0.15, -0.1) is 0 Å². The lowest BCUT2D eigenvalue weighted by Gasteiger charge is -2.25. The molecule has 2 unspecified atom stereocenters. The van der Waals surface area contributed by atoms with E-state index in [1.807, 2.05) is 32.0 Å². The van der Waals surface area contributed by atoms with Crippen LogP contribution in [0.25, 0.3) is 0 Å². The number of carbonyl (C=O) groups is 2. The van der Waals surface area contributed by atoms with Crippen molar-refractivity contribution in [1.29, 1.82) is 0 Å². The summed E-state index contributed by atoms with van der Waals surface area (Å²) >= 11 is 0. The van der Waals surface area contributed by atoms with Crippen molar-refractivity contribution in [3.63, 3.8) is 0 Å². The van der Waals surface area contributed by atoms with E-state index >= 15 is 0 Å². The Morgan fingerprint density at radius 2 is 1.81 bits per heavy atom. The van der Waals surface area contributed by atoms with Crippen molar-refractivity contribution in [2.75, 3.05) is 26.4 Å².